The van der Waals surface area contributed by atoms with Crippen molar-refractivity contribution in [2.24, 2.45) is 0 Å². The molecule has 2 rings (SSSR count). The van der Waals surface area contributed by atoms with Gasteiger partial charge in [0, 0.05) is 27.3 Å². The third kappa shape index (κ3) is 2.81. The van der Waals surface area contributed by atoms with E-state index in [4.69, 9.17) is 10.7 Å². The number of rotatable bonds is 1. The molecular weight excluding hydrogens is 330 g/mol. The quantitative estimate of drug-likeness (QED) is 0.801. The van der Waals surface area contributed by atoms with E-state index in [0.29, 0.717) is 16.6 Å². The fourth-order valence-corrected chi connectivity index (χ4v) is 4.00. The van der Waals surface area contributed by atoms with Crippen LogP contribution in [0.15, 0.2) is 21.5 Å². The second-order valence-corrected chi connectivity index (χ2v) is 7.17. The molecule has 0 saturated carbocycles. The minimum Gasteiger partial charge on any atom is -0.326 e. The molecule has 0 unspecified atom stereocenters. The van der Waals surface area contributed by atoms with Gasteiger partial charge in [0.2, 0.25) is 5.91 Å². The first-order valence-electron chi connectivity index (χ1n) is 4.95. The number of hydrogen-bond acceptors (Lipinski definition) is 3. The van der Waals surface area contributed by atoms with Crippen molar-refractivity contribution >= 4 is 47.3 Å². The molecule has 0 atom stereocenters. The summed E-state index contributed by atoms with van der Waals surface area (Å²) in [6.07, 6.45) is 1.92. The Bertz CT molecular complexity index is 585. The van der Waals surface area contributed by atoms with Crippen molar-refractivity contribution in [3.05, 3.63) is 22.2 Å². The number of nitrogens with one attached hydrogen (secondary N) is 1. The molecule has 1 aromatic rings. The van der Waals surface area contributed by atoms with Crippen LogP contribution >= 0.6 is 26.6 Å². The predicted molar refractivity (Wildman–Crippen MR) is 68.7 cm³/mol. The molecule has 0 fully saturated rings. The molecule has 0 spiro atoms. The molecule has 0 aliphatic carbocycles. The molecule has 1 aliphatic rings. The summed E-state index contributed by atoms with van der Waals surface area (Å²) in [5, 5.41) is 2.68. The highest BCUT2D eigenvalue weighted by Crippen LogP contribution is 2.33. The number of carbonyl (C=O) groups is 1. The van der Waals surface area contributed by atoms with Crippen molar-refractivity contribution in [1.29, 1.82) is 0 Å². The normalized spacial score (nSPS) is 16.0. The van der Waals surface area contributed by atoms with E-state index in [1.807, 2.05) is 0 Å². The van der Waals surface area contributed by atoms with Crippen LogP contribution in [0.4, 0.5) is 5.69 Å². The van der Waals surface area contributed by atoms with E-state index in [2.05, 4.69) is 21.2 Å². The minimum atomic E-state index is -3.82. The van der Waals surface area contributed by atoms with Crippen LogP contribution in [0.2, 0.25) is 0 Å². The first-order chi connectivity index (χ1) is 7.88. The zero-order valence-corrected chi connectivity index (χ0v) is 11.8. The predicted octanol–water partition coefficient (Wildman–Crippen LogP) is 2.65. The summed E-state index contributed by atoms with van der Waals surface area (Å²) in [6.45, 7) is 0. The van der Waals surface area contributed by atoms with E-state index in [1.165, 1.54) is 6.07 Å². The maximum absolute atomic E-state index is 11.4. The van der Waals surface area contributed by atoms with Gasteiger partial charge in [-0.3, -0.25) is 4.79 Å². The molecule has 92 valence electrons. The Morgan fingerprint density at radius 2 is 2.00 bits per heavy atom. The Labute approximate surface area is 112 Å². The van der Waals surface area contributed by atoms with Crippen LogP contribution in [-0.2, 0) is 20.3 Å². The second kappa shape index (κ2) is 4.59. The van der Waals surface area contributed by atoms with Gasteiger partial charge in [0.25, 0.3) is 9.05 Å². The molecule has 17 heavy (non-hydrogen) atoms. The molecule has 4 nitrogen and oxygen atoms in total. The van der Waals surface area contributed by atoms with Gasteiger partial charge in [-0.1, -0.05) is 0 Å². The molecule has 0 aromatic heterocycles. The van der Waals surface area contributed by atoms with Crippen LogP contribution in [0.1, 0.15) is 18.4 Å². The van der Waals surface area contributed by atoms with Gasteiger partial charge in [-0.05, 0) is 46.5 Å². The summed E-state index contributed by atoms with van der Waals surface area (Å²) in [5.41, 5.74) is 1.43. The third-order valence-corrected chi connectivity index (χ3v) is 4.82. The summed E-state index contributed by atoms with van der Waals surface area (Å²) < 4.78 is 23.1. The van der Waals surface area contributed by atoms with Gasteiger partial charge in [0.15, 0.2) is 0 Å². The molecule has 1 amide bonds. The first kappa shape index (κ1) is 12.9. The average Bonchev–Trinajstić information content (AvgIpc) is 2.36. The number of halogens is 2. The van der Waals surface area contributed by atoms with Crippen molar-refractivity contribution in [3.8, 4) is 0 Å². The molecule has 1 heterocycles. The standard InChI is InChI=1S/C10H9BrClNO3S/c11-7-4-6-2-1-3-10(14)13-8(6)5-9(7)17(12,15)16/h4-5H,1-3H2,(H,13,14). The summed E-state index contributed by atoms with van der Waals surface area (Å²) in [7, 11) is 1.49. The highest BCUT2D eigenvalue weighted by Gasteiger charge is 2.20. The fourth-order valence-electron chi connectivity index (χ4n) is 1.76. The van der Waals surface area contributed by atoms with Crippen LogP contribution in [0.25, 0.3) is 0 Å². The smallest absolute Gasteiger partial charge is 0.262 e. The SMILES string of the molecule is O=C1CCCc2cc(Br)c(S(=O)(=O)Cl)cc2N1. The Morgan fingerprint density at radius 3 is 2.65 bits per heavy atom. The molecular formula is C10H9BrClNO3S. The zero-order valence-electron chi connectivity index (χ0n) is 8.66. The largest absolute Gasteiger partial charge is 0.326 e. The number of hydrogen-bond donors (Lipinski definition) is 1. The summed E-state index contributed by atoms with van der Waals surface area (Å²) in [4.78, 5) is 11.4. The molecule has 0 saturated heterocycles. The van der Waals surface area contributed by atoms with Crippen molar-refractivity contribution in [2.75, 3.05) is 5.32 Å². The minimum absolute atomic E-state index is 0.0277. The lowest BCUT2D eigenvalue weighted by molar-refractivity contribution is -0.116. The van der Waals surface area contributed by atoms with Crippen molar-refractivity contribution in [1.82, 2.24) is 0 Å². The van der Waals surface area contributed by atoms with Crippen LogP contribution in [0, 0.1) is 0 Å². The third-order valence-electron chi connectivity index (χ3n) is 2.54. The Balaban J connectivity index is 2.58. The molecule has 1 aromatic carbocycles. The number of anilines is 1. The van der Waals surface area contributed by atoms with Gasteiger partial charge in [0.1, 0.15) is 0 Å². The Hall–Kier alpha value is -0.590. The highest BCUT2D eigenvalue weighted by molar-refractivity contribution is 9.10. The zero-order chi connectivity index (χ0) is 12.6. The Kier molecular flexibility index (Phi) is 3.47. The lowest BCUT2D eigenvalue weighted by Gasteiger charge is -2.09. The monoisotopic (exact) mass is 337 g/mol. The molecule has 0 bridgehead atoms. The number of carbonyl (C=O) groups excluding carboxylic acids is 1. The van der Waals surface area contributed by atoms with Gasteiger partial charge < -0.3 is 5.32 Å². The first-order valence-corrected chi connectivity index (χ1v) is 8.05. The molecule has 7 heteroatoms. The van der Waals surface area contributed by atoms with E-state index in [0.717, 1.165) is 18.4 Å². The van der Waals surface area contributed by atoms with Crippen molar-refractivity contribution in [2.45, 2.75) is 24.2 Å². The lowest BCUT2D eigenvalue weighted by Crippen LogP contribution is -2.09. The summed E-state index contributed by atoms with van der Waals surface area (Å²) in [6, 6.07) is 3.08. The fraction of sp³-hybridized carbons (Fsp3) is 0.300. The summed E-state index contributed by atoms with van der Waals surface area (Å²) in [5.74, 6) is -0.107. The number of fused-ring (bicyclic) bond motifs is 1. The van der Waals surface area contributed by atoms with Crippen molar-refractivity contribution in [3.63, 3.8) is 0 Å². The van der Waals surface area contributed by atoms with Crippen LogP contribution in [0.3, 0.4) is 0 Å². The number of amides is 1. The summed E-state index contributed by atoms with van der Waals surface area (Å²) >= 11 is 3.18. The Morgan fingerprint density at radius 1 is 1.29 bits per heavy atom. The topological polar surface area (TPSA) is 63.2 Å². The van der Waals surface area contributed by atoms with Gasteiger partial charge in [0.05, 0.1) is 4.90 Å². The highest BCUT2D eigenvalue weighted by atomic mass is 79.9. The number of aryl methyl sites for hydroxylation is 1. The maximum atomic E-state index is 11.4. The van der Waals surface area contributed by atoms with Crippen LogP contribution in [0.5, 0.6) is 0 Å². The van der Waals surface area contributed by atoms with E-state index < -0.39 is 9.05 Å². The van der Waals surface area contributed by atoms with Crippen LogP contribution in [-0.4, -0.2) is 14.3 Å². The molecule has 1 aliphatic heterocycles. The van der Waals surface area contributed by atoms with Gasteiger partial charge in [-0.2, -0.15) is 0 Å². The molecule has 1 N–H and O–H groups in total. The van der Waals surface area contributed by atoms with Gasteiger partial charge in [-0.25, -0.2) is 8.42 Å². The van der Waals surface area contributed by atoms with E-state index in [-0.39, 0.29) is 10.8 Å². The van der Waals surface area contributed by atoms with Gasteiger partial charge in [-0.15, -0.1) is 0 Å². The van der Waals surface area contributed by atoms with Crippen molar-refractivity contribution < 1.29 is 13.2 Å². The van der Waals surface area contributed by atoms with Gasteiger partial charge >= 0.3 is 0 Å². The van der Waals surface area contributed by atoms with E-state index in [1.54, 1.807) is 6.07 Å². The second-order valence-electron chi connectivity index (χ2n) is 3.78. The number of benzene rings is 1. The average molecular weight is 339 g/mol. The molecule has 0 radical (unpaired) electrons. The lowest BCUT2D eigenvalue weighted by atomic mass is 10.1. The van der Waals surface area contributed by atoms with Crippen LogP contribution < -0.4 is 5.32 Å². The van der Waals surface area contributed by atoms with E-state index in [9.17, 15) is 13.2 Å². The van der Waals surface area contributed by atoms with E-state index >= 15 is 0 Å². The maximum Gasteiger partial charge on any atom is 0.262 e.